The van der Waals surface area contributed by atoms with Gasteiger partial charge < -0.3 is 9.84 Å². The van der Waals surface area contributed by atoms with Crippen molar-refractivity contribution in [3.05, 3.63) is 17.5 Å². The van der Waals surface area contributed by atoms with Crippen molar-refractivity contribution in [3.8, 4) is 11.5 Å². The van der Waals surface area contributed by atoms with Crippen molar-refractivity contribution in [1.29, 1.82) is 0 Å². The van der Waals surface area contributed by atoms with Crippen LogP contribution in [0.5, 0.6) is 11.5 Å². The summed E-state index contributed by atoms with van der Waals surface area (Å²) < 4.78 is 64.0. The van der Waals surface area contributed by atoms with Gasteiger partial charge in [0.05, 0.1) is 5.69 Å². The Labute approximate surface area is 100 Å². The molecule has 0 fully saturated rings. The van der Waals surface area contributed by atoms with Gasteiger partial charge in [0, 0.05) is 11.4 Å². The molecule has 0 aliphatic heterocycles. The first-order chi connectivity index (χ1) is 7.74. The zero-order chi connectivity index (χ0) is 13.2. The predicted molar refractivity (Wildman–Crippen MR) is 50.2 cm³/mol. The van der Waals surface area contributed by atoms with Crippen molar-refractivity contribution >= 4 is 15.9 Å². The summed E-state index contributed by atoms with van der Waals surface area (Å²) in [4.78, 5) is 3.29. The second-order valence-corrected chi connectivity index (χ2v) is 3.39. The molecule has 1 aromatic heterocycles. The zero-order valence-electron chi connectivity index (χ0n) is 7.93. The van der Waals surface area contributed by atoms with Gasteiger partial charge in [-0.15, -0.1) is 13.2 Å². The number of aromatic nitrogens is 1. The molecule has 1 rings (SSSR count). The van der Waals surface area contributed by atoms with Crippen molar-refractivity contribution in [2.75, 3.05) is 0 Å². The third-order valence-corrected chi connectivity index (χ3v) is 2.18. The highest BCUT2D eigenvalue weighted by atomic mass is 79.9. The van der Waals surface area contributed by atoms with E-state index in [-0.39, 0.29) is 11.0 Å². The maximum absolute atomic E-state index is 12.4. The lowest BCUT2D eigenvalue weighted by Gasteiger charge is -2.13. The van der Waals surface area contributed by atoms with E-state index in [9.17, 15) is 22.0 Å². The van der Waals surface area contributed by atoms with Crippen LogP contribution in [0.4, 0.5) is 22.0 Å². The monoisotopic (exact) mass is 321 g/mol. The number of alkyl halides is 6. The molecule has 1 heterocycles. The minimum Gasteiger partial charge on any atom is -0.503 e. The molecule has 3 nitrogen and oxygen atoms in total. The molecule has 0 bridgehead atoms. The lowest BCUT2D eigenvalue weighted by atomic mass is 10.2. The lowest BCUT2D eigenvalue weighted by molar-refractivity contribution is -0.275. The molecule has 0 aromatic carbocycles. The highest BCUT2D eigenvalue weighted by Crippen LogP contribution is 2.38. The van der Waals surface area contributed by atoms with Crippen LogP contribution in [0.15, 0.2) is 6.07 Å². The summed E-state index contributed by atoms with van der Waals surface area (Å²) in [5.74, 6) is -2.42. The van der Waals surface area contributed by atoms with E-state index in [4.69, 9.17) is 5.11 Å². The first-order valence-corrected chi connectivity index (χ1v) is 5.19. The number of rotatable bonds is 3. The highest BCUT2D eigenvalue weighted by molar-refractivity contribution is 9.08. The van der Waals surface area contributed by atoms with Crippen LogP contribution in [0.3, 0.4) is 0 Å². The number of aromatic hydroxyl groups is 1. The number of halogens is 6. The standard InChI is InChI=1S/C8H5BrF5NO2/c9-2-3-1-4(17-8(12,13)14)6(16)5(15-3)7(10)11/h1,7,16H,2H2. The third kappa shape index (κ3) is 3.69. The summed E-state index contributed by atoms with van der Waals surface area (Å²) in [5.41, 5.74) is -1.27. The van der Waals surface area contributed by atoms with Gasteiger partial charge in [-0.3, -0.25) is 0 Å². The van der Waals surface area contributed by atoms with Gasteiger partial charge in [-0.2, -0.15) is 0 Å². The number of pyridine rings is 1. The molecule has 0 radical (unpaired) electrons. The number of ether oxygens (including phenoxy) is 1. The Kier molecular flexibility index (Phi) is 4.12. The average Bonchev–Trinajstić information content (AvgIpc) is 2.18. The van der Waals surface area contributed by atoms with Crippen LogP contribution in [-0.4, -0.2) is 16.5 Å². The summed E-state index contributed by atoms with van der Waals surface area (Å²) in [6.07, 6.45) is -8.29. The van der Waals surface area contributed by atoms with Crippen LogP contribution in [0.1, 0.15) is 17.8 Å². The van der Waals surface area contributed by atoms with Gasteiger partial charge in [0.25, 0.3) is 6.43 Å². The van der Waals surface area contributed by atoms with Crippen LogP contribution >= 0.6 is 15.9 Å². The van der Waals surface area contributed by atoms with Crippen LogP contribution < -0.4 is 4.74 Å². The first-order valence-electron chi connectivity index (χ1n) is 4.07. The van der Waals surface area contributed by atoms with Gasteiger partial charge >= 0.3 is 6.36 Å². The molecule has 0 saturated carbocycles. The molecule has 0 unspecified atom stereocenters. The summed E-state index contributed by atoms with van der Waals surface area (Å²) in [6, 6.07) is 0.726. The van der Waals surface area contributed by atoms with E-state index in [1.54, 1.807) is 0 Å². The Morgan fingerprint density at radius 1 is 1.41 bits per heavy atom. The van der Waals surface area contributed by atoms with E-state index in [0.717, 1.165) is 6.07 Å². The number of nitrogens with zero attached hydrogens (tertiary/aromatic N) is 1. The Morgan fingerprint density at radius 3 is 2.41 bits per heavy atom. The van der Waals surface area contributed by atoms with Crippen LogP contribution in [-0.2, 0) is 5.33 Å². The SMILES string of the molecule is Oc1c(OC(F)(F)F)cc(CBr)nc1C(F)F. The average molecular weight is 322 g/mol. The van der Waals surface area contributed by atoms with E-state index in [0.29, 0.717) is 0 Å². The Bertz CT molecular complexity index is 410. The van der Waals surface area contributed by atoms with E-state index in [2.05, 4.69) is 25.7 Å². The van der Waals surface area contributed by atoms with Crippen LogP contribution in [0, 0.1) is 0 Å². The van der Waals surface area contributed by atoms with Gasteiger partial charge in [0.15, 0.2) is 17.2 Å². The smallest absolute Gasteiger partial charge is 0.503 e. The maximum Gasteiger partial charge on any atom is 0.573 e. The molecule has 0 atom stereocenters. The molecule has 0 aliphatic carbocycles. The van der Waals surface area contributed by atoms with Gasteiger partial charge in [-0.25, -0.2) is 13.8 Å². The molecular formula is C8H5BrF5NO2. The highest BCUT2D eigenvalue weighted by Gasteiger charge is 2.34. The molecule has 1 N–H and O–H groups in total. The molecule has 0 spiro atoms. The third-order valence-electron chi connectivity index (χ3n) is 1.61. The van der Waals surface area contributed by atoms with E-state index >= 15 is 0 Å². The fourth-order valence-corrected chi connectivity index (χ4v) is 1.30. The first kappa shape index (κ1) is 13.9. The maximum atomic E-state index is 12.4. The number of hydrogen-bond acceptors (Lipinski definition) is 3. The molecule has 96 valence electrons. The van der Waals surface area contributed by atoms with E-state index < -0.39 is 30.0 Å². The topological polar surface area (TPSA) is 42.4 Å². The summed E-state index contributed by atoms with van der Waals surface area (Å²) in [6.45, 7) is 0. The fraction of sp³-hybridized carbons (Fsp3) is 0.375. The quantitative estimate of drug-likeness (QED) is 0.684. The van der Waals surface area contributed by atoms with Gasteiger partial charge in [0.1, 0.15) is 0 Å². The molecule has 1 aromatic rings. The molecule has 9 heteroatoms. The van der Waals surface area contributed by atoms with E-state index in [1.807, 2.05) is 0 Å². The minimum absolute atomic E-state index is 0.0543. The number of hydrogen-bond donors (Lipinski definition) is 1. The lowest BCUT2D eigenvalue weighted by Crippen LogP contribution is -2.18. The van der Waals surface area contributed by atoms with Crippen molar-refractivity contribution in [2.24, 2.45) is 0 Å². The minimum atomic E-state index is -5.08. The summed E-state index contributed by atoms with van der Waals surface area (Å²) in [5, 5.41) is 9.11. The molecular weight excluding hydrogens is 317 g/mol. The molecule has 0 amide bonds. The molecule has 17 heavy (non-hydrogen) atoms. The molecule has 0 aliphatic rings. The van der Waals surface area contributed by atoms with Gasteiger partial charge in [-0.1, -0.05) is 15.9 Å². The van der Waals surface area contributed by atoms with Crippen molar-refractivity contribution < 1.29 is 31.8 Å². The molecule has 0 saturated heterocycles. The van der Waals surface area contributed by atoms with Crippen LogP contribution in [0.25, 0.3) is 0 Å². The second-order valence-electron chi connectivity index (χ2n) is 2.83. The largest absolute Gasteiger partial charge is 0.573 e. The van der Waals surface area contributed by atoms with Crippen molar-refractivity contribution in [3.63, 3.8) is 0 Å². The van der Waals surface area contributed by atoms with Gasteiger partial charge in [-0.05, 0) is 0 Å². The van der Waals surface area contributed by atoms with Crippen LogP contribution in [0.2, 0.25) is 0 Å². The summed E-state index contributed by atoms with van der Waals surface area (Å²) in [7, 11) is 0. The fourth-order valence-electron chi connectivity index (χ4n) is 1.01. The summed E-state index contributed by atoms with van der Waals surface area (Å²) >= 11 is 2.85. The normalized spacial score (nSPS) is 11.9. The Morgan fingerprint density at radius 2 is 2.00 bits per heavy atom. The van der Waals surface area contributed by atoms with Crippen molar-refractivity contribution in [2.45, 2.75) is 18.1 Å². The van der Waals surface area contributed by atoms with E-state index in [1.165, 1.54) is 0 Å². The Hall–Kier alpha value is -1.12. The van der Waals surface area contributed by atoms with Crippen molar-refractivity contribution in [1.82, 2.24) is 4.98 Å². The zero-order valence-corrected chi connectivity index (χ0v) is 9.52. The Balaban J connectivity index is 3.24. The van der Waals surface area contributed by atoms with Gasteiger partial charge in [0.2, 0.25) is 0 Å². The predicted octanol–water partition coefficient (Wildman–Crippen LogP) is 3.52. The second kappa shape index (κ2) is 5.03.